The van der Waals surface area contributed by atoms with Gasteiger partial charge in [0.25, 0.3) is 5.91 Å². The number of rotatable bonds is 7. The molecule has 3 N–H and O–H groups in total. The second-order valence-electron chi connectivity index (χ2n) is 9.47. The zero-order valence-corrected chi connectivity index (χ0v) is 20.7. The first-order chi connectivity index (χ1) is 16.9. The summed E-state index contributed by atoms with van der Waals surface area (Å²) in [5, 5.41) is 8.42. The number of fused-ring (bicyclic) bond motifs is 2. The van der Waals surface area contributed by atoms with Crippen LogP contribution in [0.15, 0.2) is 18.2 Å². The van der Waals surface area contributed by atoms with Crippen LogP contribution in [-0.2, 0) is 9.53 Å². The van der Waals surface area contributed by atoms with Gasteiger partial charge in [-0.05, 0) is 63.9 Å². The monoisotopic (exact) mass is 487 g/mol. The predicted octanol–water partition coefficient (Wildman–Crippen LogP) is 1.81. The lowest BCUT2D eigenvalue weighted by atomic mass is 9.94. The number of hydrogen-bond donors (Lipinski definition) is 3. The van der Waals surface area contributed by atoms with Crippen molar-refractivity contribution in [2.75, 3.05) is 51.7 Å². The molecule has 3 aliphatic rings. The van der Waals surface area contributed by atoms with E-state index in [1.807, 2.05) is 6.92 Å². The number of hydrogen-bond acceptors (Lipinski definition) is 6. The largest absolute Gasteiger partial charge is 0.490 e. The van der Waals surface area contributed by atoms with Gasteiger partial charge in [-0.15, -0.1) is 0 Å². The maximum atomic E-state index is 13.3. The molecule has 0 bridgehead atoms. The summed E-state index contributed by atoms with van der Waals surface area (Å²) in [6.07, 6.45) is 3.71. The topological polar surface area (TPSA) is 112 Å². The highest BCUT2D eigenvalue weighted by Gasteiger charge is 2.39. The molecule has 10 heteroatoms. The fourth-order valence-corrected chi connectivity index (χ4v) is 5.08. The first-order valence-electron chi connectivity index (χ1n) is 12.7. The van der Waals surface area contributed by atoms with Gasteiger partial charge in [0, 0.05) is 32.4 Å². The van der Waals surface area contributed by atoms with Crippen LogP contribution in [0.1, 0.15) is 49.4 Å². The van der Waals surface area contributed by atoms with Gasteiger partial charge in [-0.1, -0.05) is 0 Å². The Bertz CT molecular complexity index is 920. The van der Waals surface area contributed by atoms with Crippen LogP contribution in [0.3, 0.4) is 0 Å². The molecule has 3 aliphatic heterocycles. The van der Waals surface area contributed by atoms with E-state index in [1.54, 1.807) is 30.1 Å². The lowest BCUT2D eigenvalue weighted by molar-refractivity contribution is -0.134. The fourth-order valence-electron chi connectivity index (χ4n) is 5.08. The highest BCUT2D eigenvalue weighted by Crippen LogP contribution is 2.32. The fraction of sp³-hybridized carbons (Fsp3) is 0.640. The van der Waals surface area contributed by atoms with Gasteiger partial charge in [0.2, 0.25) is 5.91 Å². The molecule has 2 fully saturated rings. The first-order valence-corrected chi connectivity index (χ1v) is 12.7. The summed E-state index contributed by atoms with van der Waals surface area (Å²) in [4.78, 5) is 41.7. The zero-order chi connectivity index (χ0) is 24.8. The van der Waals surface area contributed by atoms with E-state index in [0.717, 1.165) is 26.1 Å². The Hall–Kier alpha value is -2.85. The molecule has 2 saturated heterocycles. The van der Waals surface area contributed by atoms with E-state index >= 15 is 0 Å². The number of nitrogens with zero attached hydrogens (tertiary/aromatic N) is 2. The van der Waals surface area contributed by atoms with Gasteiger partial charge in [-0.2, -0.15) is 0 Å². The Morgan fingerprint density at radius 3 is 2.71 bits per heavy atom. The Morgan fingerprint density at radius 1 is 1.14 bits per heavy atom. The third kappa shape index (κ3) is 6.43. The summed E-state index contributed by atoms with van der Waals surface area (Å²) >= 11 is 0. The van der Waals surface area contributed by atoms with Crippen molar-refractivity contribution < 1.29 is 23.9 Å². The molecule has 0 radical (unpaired) electrons. The van der Waals surface area contributed by atoms with Crippen LogP contribution in [0.4, 0.5) is 10.5 Å². The normalized spacial score (nSPS) is 24.5. The van der Waals surface area contributed by atoms with Crippen LogP contribution in [0.5, 0.6) is 5.75 Å². The highest BCUT2D eigenvalue weighted by atomic mass is 16.5. The molecule has 4 amide bonds. The molecular formula is C25H37N5O5. The number of urea groups is 1. The van der Waals surface area contributed by atoms with Crippen molar-refractivity contribution in [3.05, 3.63) is 23.8 Å². The molecule has 0 saturated carbocycles. The molecule has 4 rings (SSSR count). The average Bonchev–Trinajstić information content (AvgIpc) is 3.35. The summed E-state index contributed by atoms with van der Waals surface area (Å²) in [5.41, 5.74) is 0.924. The Morgan fingerprint density at radius 2 is 1.94 bits per heavy atom. The number of ether oxygens (including phenoxy) is 2. The average molecular weight is 488 g/mol. The molecule has 0 aliphatic carbocycles. The van der Waals surface area contributed by atoms with E-state index in [4.69, 9.17) is 9.47 Å². The van der Waals surface area contributed by atoms with Gasteiger partial charge < -0.3 is 35.2 Å². The van der Waals surface area contributed by atoms with Crippen molar-refractivity contribution >= 4 is 23.5 Å². The summed E-state index contributed by atoms with van der Waals surface area (Å²) in [5.74, 6) is 0.268. The van der Waals surface area contributed by atoms with Gasteiger partial charge in [-0.3, -0.25) is 9.59 Å². The first kappa shape index (κ1) is 25.2. The van der Waals surface area contributed by atoms with Gasteiger partial charge in [0.1, 0.15) is 18.5 Å². The minimum Gasteiger partial charge on any atom is -0.490 e. The van der Waals surface area contributed by atoms with Gasteiger partial charge in [0.15, 0.2) is 0 Å². The highest BCUT2D eigenvalue weighted by molar-refractivity contribution is 5.99. The van der Waals surface area contributed by atoms with Crippen molar-refractivity contribution in [2.45, 2.75) is 57.3 Å². The second kappa shape index (κ2) is 11.7. The van der Waals surface area contributed by atoms with Crippen LogP contribution < -0.4 is 20.7 Å². The third-order valence-electron chi connectivity index (χ3n) is 6.97. The summed E-state index contributed by atoms with van der Waals surface area (Å²) in [6, 6.07) is 4.56. The molecule has 10 nitrogen and oxygen atoms in total. The molecule has 3 heterocycles. The van der Waals surface area contributed by atoms with Gasteiger partial charge in [0.05, 0.1) is 24.1 Å². The van der Waals surface area contributed by atoms with Crippen LogP contribution >= 0.6 is 0 Å². The van der Waals surface area contributed by atoms with Crippen molar-refractivity contribution in [1.29, 1.82) is 0 Å². The third-order valence-corrected chi connectivity index (χ3v) is 6.97. The SMILES string of the molecule is CCNC(=O)Nc1ccc2c(c1)C(=O)N(C)[C@@H]1CC[C@@H](CC(=O)NCCN3CCCC3)O[C@@H]1CO2. The molecule has 0 unspecified atom stereocenters. The summed E-state index contributed by atoms with van der Waals surface area (Å²) in [6.45, 7) is 6.41. The van der Waals surface area contributed by atoms with Crippen molar-refractivity contribution in [3.63, 3.8) is 0 Å². The van der Waals surface area contributed by atoms with Crippen LogP contribution in [0.25, 0.3) is 0 Å². The molecule has 0 aromatic heterocycles. The van der Waals surface area contributed by atoms with E-state index < -0.39 is 0 Å². The second-order valence-corrected chi connectivity index (χ2v) is 9.47. The van der Waals surface area contributed by atoms with Crippen LogP contribution in [0.2, 0.25) is 0 Å². The van der Waals surface area contributed by atoms with Crippen LogP contribution in [-0.4, -0.2) is 92.3 Å². The lowest BCUT2D eigenvalue weighted by Gasteiger charge is -2.42. The van der Waals surface area contributed by atoms with Crippen molar-refractivity contribution in [1.82, 2.24) is 20.4 Å². The predicted molar refractivity (Wildman–Crippen MR) is 132 cm³/mol. The number of benzene rings is 1. The number of carbonyl (C=O) groups is 3. The van der Waals surface area contributed by atoms with E-state index in [1.165, 1.54) is 12.8 Å². The van der Waals surface area contributed by atoms with E-state index in [0.29, 0.717) is 42.9 Å². The minimum absolute atomic E-state index is 0.00123. The molecule has 192 valence electrons. The molecule has 1 aromatic rings. The number of likely N-dealkylation sites (tertiary alicyclic amines) is 1. The van der Waals surface area contributed by atoms with Crippen molar-refractivity contribution in [3.8, 4) is 5.75 Å². The van der Waals surface area contributed by atoms with Crippen molar-refractivity contribution in [2.24, 2.45) is 0 Å². The molecule has 3 atom stereocenters. The van der Waals surface area contributed by atoms with E-state index in [-0.39, 0.29) is 42.7 Å². The van der Waals surface area contributed by atoms with E-state index in [9.17, 15) is 14.4 Å². The van der Waals surface area contributed by atoms with E-state index in [2.05, 4.69) is 20.9 Å². The van der Waals surface area contributed by atoms with Crippen LogP contribution in [0, 0.1) is 0 Å². The summed E-state index contributed by atoms with van der Waals surface area (Å²) in [7, 11) is 1.77. The number of carbonyl (C=O) groups excluding carboxylic acids is 3. The number of nitrogens with one attached hydrogen (secondary N) is 3. The molecule has 1 aromatic carbocycles. The smallest absolute Gasteiger partial charge is 0.319 e. The Kier molecular flexibility index (Phi) is 8.46. The summed E-state index contributed by atoms with van der Waals surface area (Å²) < 4.78 is 12.3. The molecule has 0 spiro atoms. The maximum absolute atomic E-state index is 13.3. The number of likely N-dealkylation sites (N-methyl/N-ethyl adjacent to an activating group) is 1. The maximum Gasteiger partial charge on any atom is 0.319 e. The Labute approximate surface area is 206 Å². The number of amides is 4. The number of anilines is 1. The standard InChI is InChI=1S/C25H37N5O5/c1-3-26-25(33)28-17-6-9-21-19(14-17)24(32)29(2)20-8-7-18(35-22(20)16-34-21)15-23(31)27-10-13-30-11-4-5-12-30/h6,9,14,18,20,22H,3-5,7-8,10-13,15-16H2,1-2H3,(H,27,31)(H2,26,28,33)/t18-,20+,22+/m0/s1. The Balaban J connectivity index is 1.34. The molecular weight excluding hydrogens is 450 g/mol. The molecule has 35 heavy (non-hydrogen) atoms. The zero-order valence-electron chi connectivity index (χ0n) is 20.7. The van der Waals surface area contributed by atoms with Gasteiger partial charge >= 0.3 is 6.03 Å². The quantitative estimate of drug-likeness (QED) is 0.541. The lowest BCUT2D eigenvalue weighted by Crippen LogP contribution is -2.54. The minimum atomic E-state index is -0.327. The van der Waals surface area contributed by atoms with Gasteiger partial charge in [-0.25, -0.2) is 4.79 Å².